The molecule has 0 spiro atoms. The standard InChI is InChI=1S/C11H17N7S/c1-4-7-8(6-12)10(14-13-9(7)5-2)19-11-15-16-17-18(11)3/h4-6,12H2,1-3H3. The van der Waals surface area contributed by atoms with E-state index in [2.05, 4.69) is 39.6 Å². The maximum absolute atomic E-state index is 5.88. The summed E-state index contributed by atoms with van der Waals surface area (Å²) in [5, 5.41) is 21.4. The molecule has 0 saturated carbocycles. The molecule has 102 valence electrons. The topological polar surface area (TPSA) is 95.4 Å². The Morgan fingerprint density at radius 3 is 2.42 bits per heavy atom. The number of aryl methyl sites for hydroxylation is 2. The number of hydrogen-bond donors (Lipinski definition) is 1. The van der Waals surface area contributed by atoms with E-state index in [1.807, 2.05) is 0 Å². The minimum Gasteiger partial charge on any atom is -0.326 e. The summed E-state index contributed by atoms with van der Waals surface area (Å²) in [6.07, 6.45) is 1.76. The van der Waals surface area contributed by atoms with Gasteiger partial charge in [0.2, 0.25) is 5.16 Å². The van der Waals surface area contributed by atoms with Crippen LogP contribution in [0.2, 0.25) is 0 Å². The molecule has 0 unspecified atom stereocenters. The van der Waals surface area contributed by atoms with Gasteiger partial charge < -0.3 is 5.73 Å². The van der Waals surface area contributed by atoms with Crippen molar-refractivity contribution in [3.8, 4) is 0 Å². The van der Waals surface area contributed by atoms with Gasteiger partial charge in [-0.1, -0.05) is 13.8 Å². The summed E-state index contributed by atoms with van der Waals surface area (Å²) >= 11 is 1.39. The Morgan fingerprint density at radius 1 is 1.11 bits per heavy atom. The molecule has 0 aliphatic heterocycles. The van der Waals surface area contributed by atoms with Gasteiger partial charge >= 0.3 is 0 Å². The van der Waals surface area contributed by atoms with Crippen LogP contribution in [0.1, 0.15) is 30.7 Å². The third-order valence-corrected chi connectivity index (χ3v) is 3.94. The molecule has 0 aliphatic rings. The van der Waals surface area contributed by atoms with Gasteiger partial charge in [-0.3, -0.25) is 0 Å². The van der Waals surface area contributed by atoms with Crippen molar-refractivity contribution in [1.82, 2.24) is 30.4 Å². The molecular weight excluding hydrogens is 262 g/mol. The van der Waals surface area contributed by atoms with Crippen molar-refractivity contribution in [3.05, 3.63) is 16.8 Å². The predicted octanol–water partition coefficient (Wildman–Crippen LogP) is 0.735. The smallest absolute Gasteiger partial charge is 0.215 e. The van der Waals surface area contributed by atoms with Gasteiger partial charge in [-0.25, -0.2) is 4.68 Å². The summed E-state index contributed by atoms with van der Waals surface area (Å²) in [4.78, 5) is 0. The zero-order valence-electron chi connectivity index (χ0n) is 11.3. The van der Waals surface area contributed by atoms with Gasteiger partial charge in [0.15, 0.2) is 0 Å². The zero-order chi connectivity index (χ0) is 13.8. The molecule has 8 heteroatoms. The third-order valence-electron chi connectivity index (χ3n) is 2.89. The minimum atomic E-state index is 0.444. The number of hydrogen-bond acceptors (Lipinski definition) is 7. The van der Waals surface area contributed by atoms with Crippen molar-refractivity contribution < 1.29 is 0 Å². The molecular formula is C11H17N7S. The maximum Gasteiger partial charge on any atom is 0.215 e. The van der Waals surface area contributed by atoms with Crippen LogP contribution < -0.4 is 5.73 Å². The van der Waals surface area contributed by atoms with Gasteiger partial charge in [0.1, 0.15) is 5.03 Å². The fourth-order valence-electron chi connectivity index (χ4n) is 1.92. The van der Waals surface area contributed by atoms with E-state index in [1.165, 1.54) is 17.3 Å². The van der Waals surface area contributed by atoms with Crippen LogP contribution in [-0.4, -0.2) is 30.4 Å². The first-order chi connectivity index (χ1) is 9.21. The van der Waals surface area contributed by atoms with E-state index in [9.17, 15) is 0 Å². The van der Waals surface area contributed by atoms with E-state index in [1.54, 1.807) is 11.7 Å². The Kier molecular flexibility index (Phi) is 4.43. The lowest BCUT2D eigenvalue weighted by Gasteiger charge is -2.12. The van der Waals surface area contributed by atoms with Gasteiger partial charge in [-0.05, 0) is 40.6 Å². The molecule has 0 saturated heterocycles. The SMILES string of the molecule is CCc1nnc(Sc2nnnn2C)c(CN)c1CC. The lowest BCUT2D eigenvalue weighted by Crippen LogP contribution is -2.10. The Labute approximate surface area is 116 Å². The second-order valence-corrected chi connectivity index (χ2v) is 4.96. The van der Waals surface area contributed by atoms with Crippen molar-refractivity contribution in [2.24, 2.45) is 12.8 Å². The van der Waals surface area contributed by atoms with E-state index in [4.69, 9.17) is 5.73 Å². The highest BCUT2D eigenvalue weighted by Gasteiger charge is 2.16. The summed E-state index contributed by atoms with van der Waals surface area (Å²) in [5.41, 5.74) is 9.13. The first kappa shape index (κ1) is 13.9. The molecule has 0 radical (unpaired) electrons. The first-order valence-corrected chi connectivity index (χ1v) is 7.00. The number of nitrogens with zero attached hydrogens (tertiary/aromatic N) is 6. The second-order valence-electron chi connectivity index (χ2n) is 4.01. The van der Waals surface area contributed by atoms with E-state index >= 15 is 0 Å². The molecule has 2 rings (SSSR count). The van der Waals surface area contributed by atoms with E-state index in [0.29, 0.717) is 11.7 Å². The van der Waals surface area contributed by atoms with E-state index in [-0.39, 0.29) is 0 Å². The van der Waals surface area contributed by atoms with Crippen LogP contribution in [0.15, 0.2) is 10.2 Å². The zero-order valence-corrected chi connectivity index (χ0v) is 12.1. The molecule has 7 nitrogen and oxygen atoms in total. The maximum atomic E-state index is 5.88. The van der Waals surface area contributed by atoms with Crippen LogP contribution in [0.5, 0.6) is 0 Å². The van der Waals surface area contributed by atoms with Crippen molar-refractivity contribution in [2.45, 2.75) is 43.4 Å². The average molecular weight is 279 g/mol. The quantitative estimate of drug-likeness (QED) is 0.862. The summed E-state index contributed by atoms with van der Waals surface area (Å²) in [6.45, 7) is 4.62. The van der Waals surface area contributed by atoms with Crippen LogP contribution >= 0.6 is 11.8 Å². The Bertz CT molecular complexity index is 566. The summed E-state index contributed by atoms with van der Waals surface area (Å²) in [5.74, 6) is 0. The van der Waals surface area contributed by atoms with Crippen molar-refractivity contribution in [3.63, 3.8) is 0 Å². The number of tetrazole rings is 1. The van der Waals surface area contributed by atoms with Crippen LogP contribution in [0.3, 0.4) is 0 Å². The fourth-order valence-corrected chi connectivity index (χ4v) is 2.75. The second kappa shape index (κ2) is 6.07. The van der Waals surface area contributed by atoms with Gasteiger partial charge in [-0.15, -0.1) is 10.2 Å². The normalized spacial score (nSPS) is 10.9. The molecule has 0 aromatic carbocycles. The summed E-state index contributed by atoms with van der Waals surface area (Å²) < 4.78 is 1.60. The fraction of sp³-hybridized carbons (Fsp3) is 0.545. The van der Waals surface area contributed by atoms with Gasteiger partial charge in [0, 0.05) is 19.2 Å². The van der Waals surface area contributed by atoms with Crippen LogP contribution in [0.25, 0.3) is 0 Å². The molecule has 2 heterocycles. The molecule has 19 heavy (non-hydrogen) atoms. The first-order valence-electron chi connectivity index (χ1n) is 6.18. The summed E-state index contributed by atoms with van der Waals surface area (Å²) in [6, 6.07) is 0. The largest absolute Gasteiger partial charge is 0.326 e. The van der Waals surface area contributed by atoms with Crippen LogP contribution in [0.4, 0.5) is 0 Å². The number of rotatable bonds is 5. The highest BCUT2D eigenvalue weighted by molar-refractivity contribution is 7.99. The molecule has 0 fully saturated rings. The molecule has 0 bridgehead atoms. The van der Waals surface area contributed by atoms with Crippen molar-refractivity contribution >= 4 is 11.8 Å². The minimum absolute atomic E-state index is 0.444. The monoisotopic (exact) mass is 279 g/mol. The van der Waals surface area contributed by atoms with Gasteiger partial charge in [-0.2, -0.15) is 5.10 Å². The molecule has 2 aromatic heterocycles. The molecule has 2 N–H and O–H groups in total. The molecule has 2 aromatic rings. The molecule has 0 atom stereocenters. The van der Waals surface area contributed by atoms with Gasteiger partial charge in [0.25, 0.3) is 0 Å². The third kappa shape index (κ3) is 2.74. The predicted molar refractivity (Wildman–Crippen MR) is 71.6 cm³/mol. The van der Waals surface area contributed by atoms with Crippen LogP contribution in [-0.2, 0) is 26.4 Å². The van der Waals surface area contributed by atoms with E-state index in [0.717, 1.165) is 29.1 Å². The van der Waals surface area contributed by atoms with Gasteiger partial charge in [0.05, 0.1) is 5.69 Å². The highest BCUT2D eigenvalue weighted by atomic mass is 32.2. The van der Waals surface area contributed by atoms with E-state index < -0.39 is 0 Å². The van der Waals surface area contributed by atoms with Crippen molar-refractivity contribution in [1.29, 1.82) is 0 Å². The van der Waals surface area contributed by atoms with Crippen LogP contribution in [0, 0.1) is 0 Å². The lowest BCUT2D eigenvalue weighted by molar-refractivity contribution is 0.663. The number of aromatic nitrogens is 6. The lowest BCUT2D eigenvalue weighted by atomic mass is 10.0. The van der Waals surface area contributed by atoms with Crippen molar-refractivity contribution in [2.75, 3.05) is 0 Å². The summed E-state index contributed by atoms with van der Waals surface area (Å²) in [7, 11) is 1.79. The Hall–Kier alpha value is -1.54. The molecule has 0 aliphatic carbocycles. The number of nitrogens with two attached hydrogens (primary N) is 1. The Balaban J connectivity index is 2.43. The highest BCUT2D eigenvalue weighted by Crippen LogP contribution is 2.29. The average Bonchev–Trinajstić information content (AvgIpc) is 2.83. The molecule has 0 amide bonds. The Morgan fingerprint density at radius 2 is 1.89 bits per heavy atom.